The molecule has 7 nitrogen and oxygen atoms in total. The smallest absolute Gasteiger partial charge is 0.339 e. The van der Waals surface area contributed by atoms with Crippen molar-refractivity contribution >= 4 is 11.8 Å². The number of anilines is 1. The van der Waals surface area contributed by atoms with Gasteiger partial charge in [-0.1, -0.05) is 0 Å². The van der Waals surface area contributed by atoms with Crippen molar-refractivity contribution in [3.63, 3.8) is 0 Å². The normalized spacial score (nSPS) is 16.7. The molecule has 2 N–H and O–H groups in total. The predicted octanol–water partition coefficient (Wildman–Crippen LogP) is 2.17. The summed E-state index contributed by atoms with van der Waals surface area (Å²) in [4.78, 5) is 17.7. The molecule has 0 aromatic carbocycles. The molecule has 0 spiro atoms. The number of hydrogen-bond donors (Lipinski definition) is 2. The molecule has 128 valence electrons. The molecule has 1 saturated heterocycles. The molecule has 0 amide bonds. The zero-order chi connectivity index (χ0) is 16.9. The SMILES string of the molecule is Cc1ccc([C@H](CNc2ncccc2C(=O)O)N2CCOCC2)o1. The van der Waals surface area contributed by atoms with Crippen molar-refractivity contribution in [2.75, 3.05) is 38.2 Å². The Bertz CT molecular complexity index is 695. The van der Waals surface area contributed by atoms with Crippen LogP contribution in [0.3, 0.4) is 0 Å². The lowest BCUT2D eigenvalue weighted by atomic mass is 10.1. The lowest BCUT2D eigenvalue weighted by Crippen LogP contribution is -2.41. The zero-order valence-corrected chi connectivity index (χ0v) is 13.6. The Morgan fingerprint density at radius 3 is 2.83 bits per heavy atom. The Morgan fingerprint density at radius 2 is 2.17 bits per heavy atom. The molecule has 1 fully saturated rings. The lowest BCUT2D eigenvalue weighted by Gasteiger charge is -2.33. The van der Waals surface area contributed by atoms with Crippen molar-refractivity contribution in [2.45, 2.75) is 13.0 Å². The zero-order valence-electron chi connectivity index (χ0n) is 13.6. The second-order valence-corrected chi connectivity index (χ2v) is 5.70. The first-order chi connectivity index (χ1) is 11.6. The molecule has 2 aromatic rings. The van der Waals surface area contributed by atoms with E-state index >= 15 is 0 Å². The first-order valence-corrected chi connectivity index (χ1v) is 7.95. The first kappa shape index (κ1) is 16.5. The van der Waals surface area contributed by atoms with Gasteiger partial charge in [-0.25, -0.2) is 9.78 Å². The number of rotatable bonds is 6. The fourth-order valence-electron chi connectivity index (χ4n) is 2.84. The van der Waals surface area contributed by atoms with E-state index in [4.69, 9.17) is 9.15 Å². The van der Waals surface area contributed by atoms with Crippen LogP contribution in [0.2, 0.25) is 0 Å². The van der Waals surface area contributed by atoms with Crippen molar-refractivity contribution < 1.29 is 19.1 Å². The van der Waals surface area contributed by atoms with Crippen LogP contribution < -0.4 is 5.32 Å². The molecule has 3 heterocycles. The van der Waals surface area contributed by atoms with Crippen LogP contribution in [-0.2, 0) is 4.74 Å². The van der Waals surface area contributed by atoms with Gasteiger partial charge >= 0.3 is 5.97 Å². The third kappa shape index (κ3) is 3.74. The molecule has 0 unspecified atom stereocenters. The second-order valence-electron chi connectivity index (χ2n) is 5.70. The third-order valence-electron chi connectivity index (χ3n) is 4.08. The highest BCUT2D eigenvalue weighted by molar-refractivity contribution is 5.92. The van der Waals surface area contributed by atoms with E-state index in [1.165, 1.54) is 0 Å². The minimum atomic E-state index is -0.998. The number of carboxylic acid groups (broad SMARTS) is 1. The minimum absolute atomic E-state index is 0.00810. The van der Waals surface area contributed by atoms with E-state index in [9.17, 15) is 9.90 Å². The maximum atomic E-state index is 11.3. The van der Waals surface area contributed by atoms with Crippen LogP contribution >= 0.6 is 0 Å². The van der Waals surface area contributed by atoms with Crippen LogP contribution in [0.5, 0.6) is 0 Å². The highest BCUT2D eigenvalue weighted by Crippen LogP contribution is 2.25. The molecule has 1 aliphatic rings. The molecule has 0 aliphatic carbocycles. The molecule has 2 aromatic heterocycles. The summed E-state index contributed by atoms with van der Waals surface area (Å²) >= 11 is 0. The first-order valence-electron chi connectivity index (χ1n) is 7.95. The van der Waals surface area contributed by atoms with Gasteiger partial charge in [-0.05, 0) is 31.2 Å². The average Bonchev–Trinajstić information content (AvgIpc) is 3.02. The monoisotopic (exact) mass is 331 g/mol. The van der Waals surface area contributed by atoms with Crippen molar-refractivity contribution in [2.24, 2.45) is 0 Å². The fourth-order valence-corrected chi connectivity index (χ4v) is 2.84. The van der Waals surface area contributed by atoms with Gasteiger partial charge in [0.25, 0.3) is 0 Å². The Balaban J connectivity index is 1.78. The molecule has 0 bridgehead atoms. The number of carboxylic acids is 1. The molecular formula is C17H21N3O4. The molecule has 1 aliphatic heterocycles. The van der Waals surface area contributed by atoms with Gasteiger partial charge in [0.05, 0.1) is 19.3 Å². The standard InChI is InChI=1S/C17H21N3O4/c1-12-4-5-15(24-12)14(20-7-9-23-10-8-20)11-19-16-13(17(21)22)3-2-6-18-16/h2-6,14H,7-11H2,1H3,(H,18,19)(H,21,22)/t14-/m0/s1. The third-order valence-corrected chi connectivity index (χ3v) is 4.08. The fraction of sp³-hybridized carbons (Fsp3) is 0.412. The van der Waals surface area contributed by atoms with Crippen molar-refractivity contribution in [3.05, 3.63) is 47.5 Å². The maximum absolute atomic E-state index is 11.3. The number of nitrogens with zero attached hydrogens (tertiary/aromatic N) is 2. The summed E-state index contributed by atoms with van der Waals surface area (Å²) in [5, 5.41) is 12.4. The van der Waals surface area contributed by atoms with E-state index in [-0.39, 0.29) is 11.6 Å². The summed E-state index contributed by atoms with van der Waals surface area (Å²) in [5.74, 6) is 1.08. The number of morpholine rings is 1. The van der Waals surface area contributed by atoms with E-state index in [2.05, 4.69) is 15.2 Å². The Hall–Kier alpha value is -2.38. The van der Waals surface area contributed by atoms with Crippen LogP contribution in [0.4, 0.5) is 5.82 Å². The molecule has 1 atom stereocenters. The van der Waals surface area contributed by atoms with Gasteiger partial charge in [-0.2, -0.15) is 0 Å². The lowest BCUT2D eigenvalue weighted by molar-refractivity contribution is 0.0143. The molecule has 24 heavy (non-hydrogen) atoms. The largest absolute Gasteiger partial charge is 0.478 e. The van der Waals surface area contributed by atoms with Crippen LogP contribution in [0.25, 0.3) is 0 Å². The highest BCUT2D eigenvalue weighted by atomic mass is 16.5. The average molecular weight is 331 g/mol. The van der Waals surface area contributed by atoms with E-state index in [1.54, 1.807) is 18.3 Å². The number of pyridine rings is 1. The van der Waals surface area contributed by atoms with E-state index in [0.717, 1.165) is 24.6 Å². The summed E-state index contributed by atoms with van der Waals surface area (Å²) in [5.41, 5.74) is 0.161. The van der Waals surface area contributed by atoms with Gasteiger partial charge in [0.1, 0.15) is 22.9 Å². The number of aryl methyl sites for hydroxylation is 1. The summed E-state index contributed by atoms with van der Waals surface area (Å²) in [7, 11) is 0. The van der Waals surface area contributed by atoms with Crippen molar-refractivity contribution in [1.29, 1.82) is 0 Å². The van der Waals surface area contributed by atoms with Crippen LogP contribution in [0.15, 0.2) is 34.9 Å². The molecule has 0 saturated carbocycles. The Morgan fingerprint density at radius 1 is 1.38 bits per heavy atom. The summed E-state index contributed by atoms with van der Waals surface area (Å²) in [6, 6.07) is 7.05. The number of aromatic carboxylic acids is 1. The number of nitrogens with one attached hydrogen (secondary N) is 1. The van der Waals surface area contributed by atoms with Gasteiger partial charge in [0.15, 0.2) is 0 Å². The quantitative estimate of drug-likeness (QED) is 0.838. The topological polar surface area (TPSA) is 87.8 Å². The number of aromatic nitrogens is 1. The van der Waals surface area contributed by atoms with Gasteiger partial charge in [-0.15, -0.1) is 0 Å². The molecule has 3 rings (SSSR count). The van der Waals surface area contributed by atoms with Crippen LogP contribution in [-0.4, -0.2) is 53.8 Å². The van der Waals surface area contributed by atoms with Gasteiger partial charge in [0, 0.05) is 25.8 Å². The molecular weight excluding hydrogens is 310 g/mol. The minimum Gasteiger partial charge on any atom is -0.478 e. The number of hydrogen-bond acceptors (Lipinski definition) is 6. The van der Waals surface area contributed by atoms with E-state index < -0.39 is 5.97 Å². The van der Waals surface area contributed by atoms with Gasteiger partial charge < -0.3 is 19.6 Å². The van der Waals surface area contributed by atoms with Crippen LogP contribution in [0, 0.1) is 6.92 Å². The predicted molar refractivity (Wildman–Crippen MR) is 88.3 cm³/mol. The van der Waals surface area contributed by atoms with Gasteiger partial charge in [-0.3, -0.25) is 4.90 Å². The number of carbonyl (C=O) groups is 1. The van der Waals surface area contributed by atoms with Crippen molar-refractivity contribution in [3.8, 4) is 0 Å². The van der Waals surface area contributed by atoms with Crippen molar-refractivity contribution in [1.82, 2.24) is 9.88 Å². The maximum Gasteiger partial charge on any atom is 0.339 e. The van der Waals surface area contributed by atoms with Gasteiger partial charge in [0.2, 0.25) is 0 Å². The van der Waals surface area contributed by atoms with E-state index in [1.807, 2.05) is 19.1 Å². The Kier molecular flexibility index (Phi) is 5.12. The summed E-state index contributed by atoms with van der Waals surface area (Å²) in [6.07, 6.45) is 1.58. The second kappa shape index (κ2) is 7.46. The molecule has 0 radical (unpaired) electrons. The number of furan rings is 1. The number of ether oxygens (including phenoxy) is 1. The molecule has 7 heteroatoms. The van der Waals surface area contributed by atoms with Crippen LogP contribution in [0.1, 0.15) is 27.9 Å². The highest BCUT2D eigenvalue weighted by Gasteiger charge is 2.25. The summed E-state index contributed by atoms with van der Waals surface area (Å²) < 4.78 is 11.2. The van der Waals surface area contributed by atoms with E-state index in [0.29, 0.717) is 25.6 Å². The summed E-state index contributed by atoms with van der Waals surface area (Å²) in [6.45, 7) is 5.39. The Labute approximate surface area is 140 Å².